The molecule has 1 amide bonds. The average molecular weight is 300 g/mol. The molecule has 0 atom stereocenters. The summed E-state index contributed by atoms with van der Waals surface area (Å²) < 4.78 is 0. The molecule has 4 bridgehead atoms. The highest BCUT2D eigenvalue weighted by Crippen LogP contribution is 2.55. The first-order chi connectivity index (χ1) is 10.6. The lowest BCUT2D eigenvalue weighted by Crippen LogP contribution is -2.59. The van der Waals surface area contributed by atoms with Gasteiger partial charge in [-0.15, -0.1) is 0 Å². The molecule has 0 aliphatic heterocycles. The molecule has 0 unspecified atom stereocenters. The lowest BCUT2D eigenvalue weighted by Gasteiger charge is -2.57. The van der Waals surface area contributed by atoms with Crippen molar-refractivity contribution in [3.05, 3.63) is 24.3 Å². The van der Waals surface area contributed by atoms with E-state index in [9.17, 15) is 9.90 Å². The Labute approximate surface area is 131 Å². The van der Waals surface area contributed by atoms with Gasteiger partial charge >= 0.3 is 0 Å². The van der Waals surface area contributed by atoms with Gasteiger partial charge in [-0.25, -0.2) is 0 Å². The summed E-state index contributed by atoms with van der Waals surface area (Å²) in [6.07, 6.45) is 7.98. The lowest BCUT2D eigenvalue weighted by atomic mass is 9.53. The Hall–Kier alpha value is -1.55. The van der Waals surface area contributed by atoms with Crippen LogP contribution in [0.15, 0.2) is 24.3 Å². The van der Waals surface area contributed by atoms with Crippen molar-refractivity contribution in [3.8, 4) is 5.75 Å². The Morgan fingerprint density at radius 1 is 1.14 bits per heavy atom. The van der Waals surface area contributed by atoms with Crippen molar-refractivity contribution >= 4 is 11.6 Å². The summed E-state index contributed by atoms with van der Waals surface area (Å²) in [5, 5.41) is 15.9. The van der Waals surface area contributed by atoms with E-state index in [2.05, 4.69) is 10.6 Å². The predicted octanol–water partition coefficient (Wildman–Crippen LogP) is 2.89. The number of benzene rings is 1. The van der Waals surface area contributed by atoms with Gasteiger partial charge in [0.05, 0.1) is 6.54 Å². The van der Waals surface area contributed by atoms with Crippen molar-refractivity contribution in [2.45, 2.75) is 44.1 Å². The molecule has 0 heterocycles. The number of aromatic hydroxyl groups is 1. The summed E-state index contributed by atoms with van der Waals surface area (Å²) in [6, 6.07) is 6.70. The molecular formula is C18H24N2O2. The van der Waals surface area contributed by atoms with Gasteiger partial charge in [-0.2, -0.15) is 0 Å². The van der Waals surface area contributed by atoms with Gasteiger partial charge in [0, 0.05) is 17.3 Å². The summed E-state index contributed by atoms with van der Waals surface area (Å²) in [6.45, 7) is 0.363. The highest BCUT2D eigenvalue weighted by atomic mass is 16.3. The van der Waals surface area contributed by atoms with Crippen molar-refractivity contribution in [1.29, 1.82) is 0 Å². The Balaban J connectivity index is 1.35. The van der Waals surface area contributed by atoms with Gasteiger partial charge in [-0.05, 0) is 68.4 Å². The van der Waals surface area contributed by atoms with Crippen LogP contribution in [0, 0.1) is 17.8 Å². The summed E-state index contributed by atoms with van der Waals surface area (Å²) in [5.74, 6) is 2.79. The molecular weight excluding hydrogens is 276 g/mol. The molecule has 1 aromatic carbocycles. The van der Waals surface area contributed by atoms with E-state index in [1.165, 1.54) is 38.5 Å². The zero-order valence-corrected chi connectivity index (χ0v) is 12.8. The SMILES string of the molecule is O=C(CNC12CC3CC(CC(C3)C1)C2)Nc1cccc(O)c1. The van der Waals surface area contributed by atoms with Crippen LogP contribution in [0.1, 0.15) is 38.5 Å². The van der Waals surface area contributed by atoms with Gasteiger partial charge in [0.15, 0.2) is 0 Å². The molecule has 0 radical (unpaired) electrons. The van der Waals surface area contributed by atoms with E-state index in [0.29, 0.717) is 12.2 Å². The summed E-state index contributed by atoms with van der Waals surface area (Å²) in [7, 11) is 0. The van der Waals surface area contributed by atoms with Crippen LogP contribution in [0.4, 0.5) is 5.69 Å². The zero-order chi connectivity index (χ0) is 15.2. The third kappa shape index (κ3) is 2.72. The first kappa shape index (κ1) is 14.1. The Kier molecular flexibility index (Phi) is 3.37. The summed E-state index contributed by atoms with van der Waals surface area (Å²) in [4.78, 5) is 12.2. The van der Waals surface area contributed by atoms with Gasteiger partial charge in [-0.3, -0.25) is 4.79 Å². The van der Waals surface area contributed by atoms with Gasteiger partial charge in [-0.1, -0.05) is 6.07 Å². The van der Waals surface area contributed by atoms with Crippen LogP contribution >= 0.6 is 0 Å². The number of nitrogens with one attached hydrogen (secondary N) is 2. The molecule has 118 valence electrons. The molecule has 0 spiro atoms. The second kappa shape index (κ2) is 5.27. The van der Waals surface area contributed by atoms with Crippen molar-refractivity contribution < 1.29 is 9.90 Å². The minimum atomic E-state index is -0.0265. The Morgan fingerprint density at radius 2 is 1.77 bits per heavy atom. The van der Waals surface area contributed by atoms with E-state index < -0.39 is 0 Å². The normalized spacial score (nSPS) is 35.5. The maximum absolute atomic E-state index is 12.2. The zero-order valence-electron chi connectivity index (χ0n) is 12.8. The number of carbonyl (C=O) groups excluding carboxylic acids is 1. The second-order valence-electron chi connectivity index (χ2n) is 7.65. The molecule has 0 saturated heterocycles. The summed E-state index contributed by atoms with van der Waals surface area (Å²) >= 11 is 0. The van der Waals surface area contributed by atoms with Gasteiger partial charge in [0.1, 0.15) is 5.75 Å². The fraction of sp³-hybridized carbons (Fsp3) is 0.611. The number of phenolic OH excluding ortho intramolecular Hbond substituents is 1. The third-order valence-corrected chi connectivity index (χ3v) is 5.79. The van der Waals surface area contributed by atoms with Crippen molar-refractivity contribution in [3.63, 3.8) is 0 Å². The smallest absolute Gasteiger partial charge is 0.238 e. The van der Waals surface area contributed by atoms with Crippen molar-refractivity contribution in [2.24, 2.45) is 17.8 Å². The van der Waals surface area contributed by atoms with E-state index in [-0.39, 0.29) is 17.2 Å². The third-order valence-electron chi connectivity index (χ3n) is 5.79. The molecule has 1 aromatic rings. The maximum Gasteiger partial charge on any atom is 0.238 e. The van der Waals surface area contributed by atoms with E-state index >= 15 is 0 Å². The lowest BCUT2D eigenvalue weighted by molar-refractivity contribution is -0.116. The van der Waals surface area contributed by atoms with Crippen molar-refractivity contribution in [2.75, 3.05) is 11.9 Å². The van der Waals surface area contributed by atoms with Gasteiger partial charge < -0.3 is 15.7 Å². The Morgan fingerprint density at radius 3 is 2.36 bits per heavy atom. The first-order valence-electron chi connectivity index (χ1n) is 8.44. The first-order valence-corrected chi connectivity index (χ1v) is 8.44. The fourth-order valence-corrected chi connectivity index (χ4v) is 5.38. The van der Waals surface area contributed by atoms with Crippen molar-refractivity contribution in [1.82, 2.24) is 5.32 Å². The van der Waals surface area contributed by atoms with Crippen LogP contribution in [-0.2, 0) is 4.79 Å². The van der Waals surface area contributed by atoms with Crippen LogP contribution in [-0.4, -0.2) is 23.1 Å². The molecule has 5 rings (SSSR count). The molecule has 3 N–H and O–H groups in total. The second-order valence-corrected chi connectivity index (χ2v) is 7.65. The molecule has 22 heavy (non-hydrogen) atoms. The largest absolute Gasteiger partial charge is 0.508 e. The molecule has 4 fully saturated rings. The molecule has 4 aliphatic carbocycles. The van der Waals surface area contributed by atoms with E-state index in [1.807, 2.05) is 0 Å². The standard InChI is InChI=1S/C18H24N2O2/c21-16-3-1-2-15(7-16)20-17(22)11-19-18-8-12-4-13(9-18)6-14(5-12)10-18/h1-3,7,12-14,19,21H,4-6,8-11H2,(H,20,22). The topological polar surface area (TPSA) is 61.4 Å². The Bertz CT molecular complexity index is 549. The van der Waals surface area contributed by atoms with Crippen LogP contribution in [0.3, 0.4) is 0 Å². The predicted molar refractivity (Wildman–Crippen MR) is 85.6 cm³/mol. The number of rotatable bonds is 4. The summed E-state index contributed by atoms with van der Waals surface area (Å²) in [5.41, 5.74) is 0.864. The van der Waals surface area contributed by atoms with E-state index in [0.717, 1.165) is 17.8 Å². The highest BCUT2D eigenvalue weighted by Gasteiger charge is 2.50. The number of amides is 1. The quantitative estimate of drug-likeness (QED) is 0.801. The number of hydrogen-bond acceptors (Lipinski definition) is 3. The highest BCUT2D eigenvalue weighted by molar-refractivity contribution is 5.92. The number of anilines is 1. The maximum atomic E-state index is 12.2. The minimum absolute atomic E-state index is 0.0265. The van der Waals surface area contributed by atoms with Crippen LogP contribution in [0.5, 0.6) is 5.75 Å². The molecule has 0 aromatic heterocycles. The molecule has 4 aliphatic rings. The van der Waals surface area contributed by atoms with Crippen LogP contribution in [0.25, 0.3) is 0 Å². The fourth-order valence-electron chi connectivity index (χ4n) is 5.38. The van der Waals surface area contributed by atoms with Crippen LogP contribution in [0.2, 0.25) is 0 Å². The average Bonchev–Trinajstić information content (AvgIpc) is 2.44. The monoisotopic (exact) mass is 300 g/mol. The van der Waals surface area contributed by atoms with Crippen LogP contribution < -0.4 is 10.6 Å². The molecule has 4 saturated carbocycles. The van der Waals surface area contributed by atoms with E-state index in [1.54, 1.807) is 24.3 Å². The number of carbonyl (C=O) groups is 1. The number of hydrogen-bond donors (Lipinski definition) is 3. The van der Waals surface area contributed by atoms with E-state index in [4.69, 9.17) is 0 Å². The molecule has 4 heteroatoms. The van der Waals surface area contributed by atoms with Gasteiger partial charge in [0.2, 0.25) is 5.91 Å². The van der Waals surface area contributed by atoms with Gasteiger partial charge in [0.25, 0.3) is 0 Å². The molecule has 4 nitrogen and oxygen atoms in total. The minimum Gasteiger partial charge on any atom is -0.508 e. The number of phenols is 1.